The predicted octanol–water partition coefficient (Wildman–Crippen LogP) is 2.66. The topological polar surface area (TPSA) is 53.8 Å². The molecule has 0 atom stereocenters. The van der Waals surface area contributed by atoms with Crippen LogP contribution in [0.5, 0.6) is 0 Å². The highest BCUT2D eigenvalue weighted by atomic mass is 35.5. The first kappa shape index (κ1) is 9.13. The van der Waals surface area contributed by atoms with Gasteiger partial charge in [0.2, 0.25) is 0 Å². The van der Waals surface area contributed by atoms with Crippen molar-refractivity contribution in [1.29, 1.82) is 5.26 Å². The first-order chi connectivity index (χ1) is 6.74. The maximum absolute atomic E-state index is 11.1. The summed E-state index contributed by atoms with van der Waals surface area (Å²) in [6, 6.07) is 3.30. The van der Waals surface area contributed by atoms with Gasteiger partial charge in [-0.15, -0.1) is 11.3 Å². The van der Waals surface area contributed by atoms with Crippen LogP contribution in [0.1, 0.15) is 10.4 Å². The maximum atomic E-state index is 11.1. The molecule has 0 fully saturated rings. The Balaban J connectivity index is 2.75. The van der Waals surface area contributed by atoms with Crippen LogP contribution in [-0.4, -0.2) is 10.8 Å². The van der Waals surface area contributed by atoms with Crippen molar-refractivity contribution in [2.45, 2.75) is 0 Å². The number of hydrogen-bond donors (Lipinski definition) is 0. The van der Waals surface area contributed by atoms with E-state index in [1.165, 1.54) is 23.6 Å². The summed E-state index contributed by atoms with van der Waals surface area (Å²) >= 11 is 7.39. The van der Waals surface area contributed by atoms with E-state index in [1.54, 1.807) is 6.07 Å². The summed E-state index contributed by atoms with van der Waals surface area (Å²) in [5, 5.41) is 11.3. The molecule has 0 radical (unpaired) electrons. The number of carbonyl (C=O) groups excluding carboxylic acids is 1. The number of pyridine rings is 1. The molecule has 0 aliphatic rings. The van der Waals surface area contributed by atoms with Crippen LogP contribution in [0, 0.1) is 11.3 Å². The van der Waals surface area contributed by atoms with Crippen molar-refractivity contribution in [3.05, 3.63) is 28.2 Å². The third-order valence-corrected chi connectivity index (χ3v) is 3.00. The summed E-state index contributed by atoms with van der Waals surface area (Å²) in [7, 11) is 0. The molecule has 0 saturated heterocycles. The summed E-state index contributed by atoms with van der Waals surface area (Å²) < 4.78 is 0. The summed E-state index contributed by atoms with van der Waals surface area (Å²) in [6.07, 6.45) is 1.34. The second-order valence-electron chi connectivity index (χ2n) is 2.57. The third kappa shape index (κ3) is 1.27. The smallest absolute Gasteiger partial charge is 0.265 e. The van der Waals surface area contributed by atoms with E-state index < -0.39 is 5.78 Å². The van der Waals surface area contributed by atoms with Crippen molar-refractivity contribution in [3.63, 3.8) is 0 Å². The molecule has 0 amide bonds. The van der Waals surface area contributed by atoms with Crippen LogP contribution >= 0.6 is 22.9 Å². The van der Waals surface area contributed by atoms with E-state index in [-0.39, 0.29) is 5.56 Å². The number of carbonyl (C=O) groups is 1. The average molecular weight is 223 g/mol. The van der Waals surface area contributed by atoms with Crippen LogP contribution in [0.2, 0.25) is 5.02 Å². The van der Waals surface area contributed by atoms with E-state index in [0.717, 1.165) is 10.2 Å². The van der Waals surface area contributed by atoms with Gasteiger partial charge >= 0.3 is 0 Å². The lowest BCUT2D eigenvalue weighted by Gasteiger charge is -1.97. The first-order valence-electron chi connectivity index (χ1n) is 3.70. The maximum Gasteiger partial charge on any atom is 0.265 e. The van der Waals surface area contributed by atoms with E-state index in [4.69, 9.17) is 16.9 Å². The first-order valence-corrected chi connectivity index (χ1v) is 4.96. The van der Waals surface area contributed by atoms with Crippen LogP contribution < -0.4 is 0 Å². The summed E-state index contributed by atoms with van der Waals surface area (Å²) in [5.74, 6) is -0.657. The Kier molecular flexibility index (Phi) is 2.20. The molecule has 0 unspecified atom stereocenters. The fourth-order valence-corrected chi connectivity index (χ4v) is 2.20. The van der Waals surface area contributed by atoms with Gasteiger partial charge in [0, 0.05) is 11.6 Å². The van der Waals surface area contributed by atoms with Crippen LogP contribution in [-0.2, 0) is 0 Å². The van der Waals surface area contributed by atoms with E-state index in [0.29, 0.717) is 5.02 Å². The van der Waals surface area contributed by atoms with E-state index in [1.807, 2.05) is 5.38 Å². The quantitative estimate of drug-likeness (QED) is 0.551. The standard InChI is InChI=1S/C9H3ClN2OS/c10-8-5-1-2-14-9(5)12-4-6(8)7(13)3-11/h1-2,4H. The molecule has 2 heterocycles. The second-order valence-corrected chi connectivity index (χ2v) is 3.84. The van der Waals surface area contributed by atoms with Gasteiger partial charge in [-0.25, -0.2) is 4.98 Å². The number of nitriles is 1. The van der Waals surface area contributed by atoms with Crippen molar-refractivity contribution >= 4 is 38.9 Å². The lowest BCUT2D eigenvalue weighted by Crippen LogP contribution is -1.96. The zero-order valence-corrected chi connectivity index (χ0v) is 8.39. The summed E-state index contributed by atoms with van der Waals surface area (Å²) in [6.45, 7) is 0. The number of Topliss-reactive ketones (excluding diaryl/α,β-unsaturated/α-hetero) is 1. The Bertz CT molecular complexity index is 555. The third-order valence-electron chi connectivity index (χ3n) is 1.77. The largest absolute Gasteiger partial charge is 0.277 e. The molecule has 0 bridgehead atoms. The Hall–Kier alpha value is -1.44. The van der Waals surface area contributed by atoms with Crippen molar-refractivity contribution in [2.24, 2.45) is 0 Å². The number of aromatic nitrogens is 1. The number of halogens is 1. The number of rotatable bonds is 1. The van der Waals surface area contributed by atoms with Crippen molar-refractivity contribution in [3.8, 4) is 6.07 Å². The summed E-state index contributed by atoms with van der Waals surface area (Å²) in [4.78, 5) is 15.9. The number of nitrogens with zero attached hydrogens (tertiary/aromatic N) is 2. The molecule has 0 saturated carbocycles. The van der Waals surface area contributed by atoms with Crippen LogP contribution in [0.4, 0.5) is 0 Å². The number of hydrogen-bond acceptors (Lipinski definition) is 4. The van der Waals surface area contributed by atoms with Gasteiger partial charge in [0.15, 0.2) is 0 Å². The molecule has 2 aromatic heterocycles. The molecular formula is C9H3ClN2OS. The molecule has 0 aromatic carbocycles. The Morgan fingerprint density at radius 2 is 2.43 bits per heavy atom. The highest BCUT2D eigenvalue weighted by Gasteiger charge is 2.13. The highest BCUT2D eigenvalue weighted by molar-refractivity contribution is 7.16. The van der Waals surface area contributed by atoms with E-state index >= 15 is 0 Å². The summed E-state index contributed by atoms with van der Waals surface area (Å²) in [5.41, 5.74) is 0.167. The number of fused-ring (bicyclic) bond motifs is 1. The van der Waals surface area contributed by atoms with Crippen LogP contribution in [0.15, 0.2) is 17.6 Å². The minimum atomic E-state index is -0.657. The normalized spacial score (nSPS) is 10.0. The van der Waals surface area contributed by atoms with Gasteiger partial charge < -0.3 is 0 Å². The molecule has 0 spiro atoms. The highest BCUT2D eigenvalue weighted by Crippen LogP contribution is 2.28. The minimum absolute atomic E-state index is 0.167. The van der Waals surface area contributed by atoms with Gasteiger partial charge in [0.25, 0.3) is 5.78 Å². The Labute approximate surface area is 88.6 Å². The lowest BCUT2D eigenvalue weighted by atomic mass is 10.2. The Morgan fingerprint density at radius 3 is 3.14 bits per heavy atom. The monoisotopic (exact) mass is 222 g/mol. The zero-order valence-electron chi connectivity index (χ0n) is 6.82. The fraction of sp³-hybridized carbons (Fsp3) is 0. The Morgan fingerprint density at radius 1 is 1.64 bits per heavy atom. The van der Waals surface area contributed by atoms with E-state index in [2.05, 4.69) is 4.98 Å². The molecule has 68 valence electrons. The molecule has 0 N–H and O–H groups in total. The van der Waals surface area contributed by atoms with Gasteiger partial charge in [-0.3, -0.25) is 4.79 Å². The van der Waals surface area contributed by atoms with Crippen molar-refractivity contribution in [1.82, 2.24) is 4.98 Å². The van der Waals surface area contributed by atoms with Crippen molar-refractivity contribution < 1.29 is 4.79 Å². The molecule has 0 aliphatic carbocycles. The minimum Gasteiger partial charge on any atom is -0.277 e. The number of ketones is 1. The lowest BCUT2D eigenvalue weighted by molar-refractivity contribution is 0.105. The van der Waals surface area contributed by atoms with Gasteiger partial charge in [-0.05, 0) is 11.4 Å². The SMILES string of the molecule is N#CC(=O)c1cnc2sccc2c1Cl. The molecule has 5 heteroatoms. The van der Waals surface area contributed by atoms with E-state index in [9.17, 15) is 4.79 Å². The van der Waals surface area contributed by atoms with Crippen LogP contribution in [0.3, 0.4) is 0 Å². The molecule has 0 aliphatic heterocycles. The fourth-order valence-electron chi connectivity index (χ4n) is 1.11. The predicted molar refractivity (Wildman–Crippen MR) is 54.6 cm³/mol. The van der Waals surface area contributed by atoms with Gasteiger partial charge in [-0.1, -0.05) is 11.6 Å². The van der Waals surface area contributed by atoms with Crippen molar-refractivity contribution in [2.75, 3.05) is 0 Å². The molecular weight excluding hydrogens is 220 g/mol. The van der Waals surface area contributed by atoms with Gasteiger partial charge in [0.05, 0.1) is 10.6 Å². The average Bonchev–Trinajstić information content (AvgIpc) is 2.66. The molecule has 14 heavy (non-hydrogen) atoms. The second kappa shape index (κ2) is 3.37. The number of thiophene rings is 1. The zero-order chi connectivity index (χ0) is 10.1. The van der Waals surface area contributed by atoms with Crippen LogP contribution in [0.25, 0.3) is 10.2 Å². The molecule has 2 aromatic rings. The molecule has 2 rings (SSSR count). The van der Waals surface area contributed by atoms with Gasteiger partial charge in [0.1, 0.15) is 10.9 Å². The molecule has 3 nitrogen and oxygen atoms in total. The van der Waals surface area contributed by atoms with Gasteiger partial charge in [-0.2, -0.15) is 5.26 Å².